The second kappa shape index (κ2) is 7.03. The fraction of sp³-hybridized carbons (Fsp3) is 0.625. The molecule has 3 unspecified atom stereocenters. The van der Waals surface area contributed by atoms with Gasteiger partial charge in [0.25, 0.3) is 0 Å². The minimum Gasteiger partial charge on any atom is -0.326 e. The van der Waals surface area contributed by atoms with Crippen molar-refractivity contribution in [3.63, 3.8) is 0 Å². The number of benzene rings is 1. The zero-order chi connectivity index (χ0) is 14.7. The summed E-state index contributed by atoms with van der Waals surface area (Å²) in [5.74, 6) is 0. The van der Waals surface area contributed by atoms with Crippen molar-refractivity contribution in [2.75, 3.05) is 26.7 Å². The molecule has 112 valence electrons. The van der Waals surface area contributed by atoms with Crippen LogP contribution in [0.1, 0.15) is 31.9 Å². The van der Waals surface area contributed by atoms with Crippen molar-refractivity contribution in [3.05, 3.63) is 34.3 Å². The van der Waals surface area contributed by atoms with Crippen LogP contribution in [-0.4, -0.2) is 48.6 Å². The average molecular weight is 340 g/mol. The van der Waals surface area contributed by atoms with Crippen molar-refractivity contribution in [1.82, 2.24) is 9.80 Å². The molecule has 0 bridgehead atoms. The van der Waals surface area contributed by atoms with Gasteiger partial charge >= 0.3 is 0 Å². The molecule has 1 fully saturated rings. The molecule has 1 heterocycles. The molecule has 0 spiro atoms. The third-order valence-corrected chi connectivity index (χ3v) is 5.21. The molecule has 1 aromatic carbocycles. The maximum absolute atomic E-state index is 6.45. The lowest BCUT2D eigenvalue weighted by Gasteiger charge is -2.44. The Kier molecular flexibility index (Phi) is 5.61. The number of hydrogen-bond donors (Lipinski definition) is 1. The van der Waals surface area contributed by atoms with Gasteiger partial charge in [0.05, 0.1) is 6.04 Å². The largest absolute Gasteiger partial charge is 0.326 e. The van der Waals surface area contributed by atoms with Gasteiger partial charge in [-0.1, -0.05) is 41.1 Å². The predicted octanol–water partition coefficient (Wildman–Crippen LogP) is 2.86. The molecule has 0 amide bonds. The maximum Gasteiger partial charge on any atom is 0.0511 e. The first-order valence-electron chi connectivity index (χ1n) is 7.48. The van der Waals surface area contributed by atoms with Crippen LogP contribution in [0.2, 0.25) is 0 Å². The van der Waals surface area contributed by atoms with Crippen LogP contribution >= 0.6 is 15.9 Å². The highest BCUT2D eigenvalue weighted by Crippen LogP contribution is 2.32. The molecule has 0 aliphatic carbocycles. The molecular formula is C16H26BrN3. The van der Waals surface area contributed by atoms with E-state index < -0.39 is 0 Å². The van der Waals surface area contributed by atoms with E-state index in [-0.39, 0.29) is 6.04 Å². The summed E-state index contributed by atoms with van der Waals surface area (Å²) >= 11 is 3.70. The van der Waals surface area contributed by atoms with Crippen LogP contribution in [0.4, 0.5) is 0 Å². The third-order valence-electron chi connectivity index (χ3n) is 4.49. The first kappa shape index (κ1) is 16.0. The topological polar surface area (TPSA) is 32.5 Å². The lowest BCUT2D eigenvalue weighted by Crippen LogP contribution is -2.54. The molecular weight excluding hydrogens is 314 g/mol. The molecule has 3 atom stereocenters. The molecule has 4 heteroatoms. The van der Waals surface area contributed by atoms with Crippen molar-refractivity contribution in [2.24, 2.45) is 5.73 Å². The van der Waals surface area contributed by atoms with E-state index in [9.17, 15) is 0 Å². The number of likely N-dealkylation sites (N-methyl/N-ethyl adjacent to an activating group) is 1. The Morgan fingerprint density at radius 2 is 2.05 bits per heavy atom. The predicted molar refractivity (Wildman–Crippen MR) is 88.8 cm³/mol. The monoisotopic (exact) mass is 339 g/mol. The highest BCUT2D eigenvalue weighted by molar-refractivity contribution is 9.10. The first-order chi connectivity index (χ1) is 9.54. The zero-order valence-corrected chi connectivity index (χ0v) is 14.3. The summed E-state index contributed by atoms with van der Waals surface area (Å²) in [6, 6.07) is 9.54. The van der Waals surface area contributed by atoms with E-state index in [1.165, 1.54) is 10.0 Å². The van der Waals surface area contributed by atoms with Gasteiger partial charge in [-0.3, -0.25) is 4.90 Å². The van der Waals surface area contributed by atoms with Crippen LogP contribution in [0.5, 0.6) is 0 Å². The van der Waals surface area contributed by atoms with E-state index in [0.717, 1.165) is 26.1 Å². The molecule has 20 heavy (non-hydrogen) atoms. The molecule has 2 N–H and O–H groups in total. The van der Waals surface area contributed by atoms with Crippen molar-refractivity contribution in [3.8, 4) is 0 Å². The van der Waals surface area contributed by atoms with Gasteiger partial charge in [-0.05, 0) is 32.0 Å². The molecule has 0 aromatic heterocycles. The maximum atomic E-state index is 6.45. The Morgan fingerprint density at radius 1 is 1.35 bits per heavy atom. The zero-order valence-electron chi connectivity index (χ0n) is 12.7. The normalized spacial score (nSPS) is 24.6. The third kappa shape index (κ3) is 3.42. The Morgan fingerprint density at radius 3 is 2.65 bits per heavy atom. The van der Waals surface area contributed by atoms with E-state index in [1.54, 1.807) is 0 Å². The molecule has 1 aliphatic heterocycles. The van der Waals surface area contributed by atoms with Crippen LogP contribution < -0.4 is 5.73 Å². The summed E-state index contributed by atoms with van der Waals surface area (Å²) in [7, 11) is 2.20. The SMILES string of the molecule is CCC(N)C(c1ccccc1Br)N1CCN(C)C(C)C1. The second-order valence-electron chi connectivity index (χ2n) is 5.86. The lowest BCUT2D eigenvalue weighted by molar-refractivity contribution is 0.0609. The number of hydrogen-bond acceptors (Lipinski definition) is 3. The van der Waals surface area contributed by atoms with Crippen LogP contribution in [0.25, 0.3) is 0 Å². The summed E-state index contributed by atoms with van der Waals surface area (Å²) in [4.78, 5) is 4.98. The van der Waals surface area contributed by atoms with Crippen molar-refractivity contribution in [2.45, 2.75) is 38.4 Å². The quantitative estimate of drug-likeness (QED) is 0.915. The number of nitrogens with zero attached hydrogens (tertiary/aromatic N) is 2. The fourth-order valence-electron chi connectivity index (χ4n) is 2.97. The number of rotatable bonds is 4. The minimum atomic E-state index is 0.171. The summed E-state index contributed by atoms with van der Waals surface area (Å²) in [5.41, 5.74) is 7.77. The molecule has 0 radical (unpaired) electrons. The number of halogens is 1. The van der Waals surface area contributed by atoms with E-state index in [4.69, 9.17) is 5.73 Å². The molecule has 1 aliphatic rings. The van der Waals surface area contributed by atoms with E-state index in [2.05, 4.69) is 70.9 Å². The smallest absolute Gasteiger partial charge is 0.0511 e. The molecule has 1 saturated heterocycles. The van der Waals surface area contributed by atoms with Crippen LogP contribution in [0.15, 0.2) is 28.7 Å². The van der Waals surface area contributed by atoms with Gasteiger partial charge in [-0.2, -0.15) is 0 Å². The summed E-state index contributed by atoms with van der Waals surface area (Å²) in [6.07, 6.45) is 0.993. The highest BCUT2D eigenvalue weighted by Gasteiger charge is 2.31. The van der Waals surface area contributed by atoms with Gasteiger partial charge in [0.1, 0.15) is 0 Å². The van der Waals surface area contributed by atoms with Gasteiger partial charge in [0, 0.05) is 36.2 Å². The number of piperazine rings is 1. The van der Waals surface area contributed by atoms with Crippen molar-refractivity contribution < 1.29 is 0 Å². The molecule has 1 aromatic rings. The highest BCUT2D eigenvalue weighted by atomic mass is 79.9. The van der Waals surface area contributed by atoms with E-state index >= 15 is 0 Å². The minimum absolute atomic E-state index is 0.171. The van der Waals surface area contributed by atoms with Crippen molar-refractivity contribution in [1.29, 1.82) is 0 Å². The van der Waals surface area contributed by atoms with E-state index in [0.29, 0.717) is 12.1 Å². The van der Waals surface area contributed by atoms with Gasteiger partial charge < -0.3 is 10.6 Å². The van der Waals surface area contributed by atoms with Crippen molar-refractivity contribution >= 4 is 15.9 Å². The average Bonchev–Trinajstić information content (AvgIpc) is 2.44. The fourth-order valence-corrected chi connectivity index (χ4v) is 3.48. The lowest BCUT2D eigenvalue weighted by atomic mass is 9.95. The summed E-state index contributed by atoms with van der Waals surface area (Å²) in [5, 5.41) is 0. The first-order valence-corrected chi connectivity index (χ1v) is 8.28. The molecule has 2 rings (SSSR count). The van der Waals surface area contributed by atoms with Crippen LogP contribution in [-0.2, 0) is 0 Å². The Balaban J connectivity index is 2.27. The standard InChI is InChI=1S/C16H26BrN3/c1-4-15(18)16(13-7-5-6-8-14(13)17)20-10-9-19(3)12(2)11-20/h5-8,12,15-16H,4,9-11,18H2,1-3H3. The molecule has 0 saturated carbocycles. The Hall–Kier alpha value is -0.420. The summed E-state index contributed by atoms with van der Waals surface area (Å²) < 4.78 is 1.17. The van der Waals surface area contributed by atoms with Crippen LogP contribution in [0.3, 0.4) is 0 Å². The van der Waals surface area contributed by atoms with E-state index in [1.807, 2.05) is 0 Å². The second-order valence-corrected chi connectivity index (χ2v) is 6.72. The summed E-state index contributed by atoms with van der Waals surface area (Å²) in [6.45, 7) is 7.74. The number of nitrogens with two attached hydrogens (primary N) is 1. The van der Waals surface area contributed by atoms with Gasteiger partial charge in [-0.15, -0.1) is 0 Å². The Labute approximate surface area is 131 Å². The van der Waals surface area contributed by atoms with Gasteiger partial charge in [0.15, 0.2) is 0 Å². The molecule has 3 nitrogen and oxygen atoms in total. The Bertz CT molecular complexity index is 437. The van der Waals surface area contributed by atoms with Gasteiger partial charge in [-0.25, -0.2) is 0 Å². The van der Waals surface area contributed by atoms with Gasteiger partial charge in [0.2, 0.25) is 0 Å². The van der Waals surface area contributed by atoms with Crippen LogP contribution in [0, 0.1) is 0 Å².